The molecular weight excluding hydrogens is 432 g/mol. The highest BCUT2D eigenvalue weighted by atomic mass is 32.1. The van der Waals surface area contributed by atoms with Gasteiger partial charge in [-0.2, -0.15) is 4.98 Å². The number of aryl methyl sites for hydroxylation is 1. The highest BCUT2D eigenvalue weighted by Gasteiger charge is 2.34. The van der Waals surface area contributed by atoms with Gasteiger partial charge in [0.25, 0.3) is 5.89 Å². The van der Waals surface area contributed by atoms with Gasteiger partial charge in [0, 0.05) is 17.8 Å². The standard InChI is InChI=1S/C26H30N4O2S/c1-6-18-7-9-20(10-8-18)24-28-25(32-29-24)22-17(4)30(15-16(2)3)26(33)27-23(22)19-11-13-21(31-5)14-12-19/h7-14,16,23H,6,15H2,1-5H3,(H,27,33). The second-order valence-corrected chi connectivity index (χ2v) is 9.02. The van der Waals surface area contributed by atoms with Gasteiger partial charge in [0.1, 0.15) is 5.75 Å². The molecule has 172 valence electrons. The van der Waals surface area contributed by atoms with E-state index in [1.165, 1.54) is 5.56 Å². The first-order valence-electron chi connectivity index (χ1n) is 11.3. The summed E-state index contributed by atoms with van der Waals surface area (Å²) < 4.78 is 11.1. The Kier molecular flexibility index (Phi) is 6.79. The number of allylic oxidation sites excluding steroid dienone is 1. The van der Waals surface area contributed by atoms with E-state index in [9.17, 15) is 0 Å². The predicted molar refractivity (Wildman–Crippen MR) is 135 cm³/mol. The van der Waals surface area contributed by atoms with E-state index in [0.717, 1.165) is 41.1 Å². The van der Waals surface area contributed by atoms with Gasteiger partial charge < -0.3 is 19.5 Å². The molecule has 3 aromatic rings. The fourth-order valence-electron chi connectivity index (χ4n) is 4.03. The number of methoxy groups -OCH3 is 1. The summed E-state index contributed by atoms with van der Waals surface area (Å²) in [5.74, 6) is 2.31. The van der Waals surface area contributed by atoms with Gasteiger partial charge in [-0.3, -0.25) is 0 Å². The third kappa shape index (κ3) is 4.78. The molecule has 0 bridgehead atoms. The maximum absolute atomic E-state index is 5.82. The summed E-state index contributed by atoms with van der Waals surface area (Å²) in [4.78, 5) is 6.91. The predicted octanol–water partition coefficient (Wildman–Crippen LogP) is 5.63. The topological polar surface area (TPSA) is 63.4 Å². The average Bonchev–Trinajstić information content (AvgIpc) is 3.31. The minimum absolute atomic E-state index is 0.206. The van der Waals surface area contributed by atoms with Crippen molar-refractivity contribution in [1.82, 2.24) is 20.4 Å². The van der Waals surface area contributed by atoms with Crippen molar-refractivity contribution in [2.24, 2.45) is 5.92 Å². The van der Waals surface area contributed by atoms with Crippen LogP contribution in [0.25, 0.3) is 17.0 Å². The Morgan fingerprint density at radius 1 is 1.12 bits per heavy atom. The molecule has 1 unspecified atom stereocenters. The number of rotatable bonds is 7. The monoisotopic (exact) mass is 462 g/mol. The minimum Gasteiger partial charge on any atom is -0.497 e. The van der Waals surface area contributed by atoms with Crippen LogP contribution in [-0.2, 0) is 6.42 Å². The van der Waals surface area contributed by atoms with E-state index in [4.69, 9.17) is 26.5 Å². The van der Waals surface area contributed by atoms with Gasteiger partial charge in [-0.25, -0.2) is 0 Å². The number of nitrogens with one attached hydrogen (secondary N) is 1. The molecule has 1 aliphatic rings. The van der Waals surface area contributed by atoms with Crippen LogP contribution in [0.4, 0.5) is 0 Å². The quantitative estimate of drug-likeness (QED) is 0.457. The molecule has 0 aliphatic carbocycles. The van der Waals surface area contributed by atoms with Gasteiger partial charge in [-0.15, -0.1) is 0 Å². The van der Waals surface area contributed by atoms with Gasteiger partial charge in [0.05, 0.1) is 18.7 Å². The second-order valence-electron chi connectivity index (χ2n) is 8.63. The molecule has 6 nitrogen and oxygen atoms in total. The number of hydrogen-bond donors (Lipinski definition) is 1. The zero-order valence-electron chi connectivity index (χ0n) is 19.8. The summed E-state index contributed by atoms with van der Waals surface area (Å²) in [5, 5.41) is 8.49. The molecule has 1 aromatic heterocycles. The van der Waals surface area contributed by atoms with Gasteiger partial charge in [-0.1, -0.05) is 62.3 Å². The van der Waals surface area contributed by atoms with E-state index in [1.807, 2.05) is 36.4 Å². The summed E-state index contributed by atoms with van der Waals surface area (Å²) in [6.07, 6.45) is 0.991. The fourth-order valence-corrected chi connectivity index (χ4v) is 4.36. The Balaban J connectivity index is 1.77. The Morgan fingerprint density at radius 2 is 1.82 bits per heavy atom. The Morgan fingerprint density at radius 3 is 2.42 bits per heavy atom. The number of hydrogen-bond acceptors (Lipinski definition) is 5. The van der Waals surface area contributed by atoms with Crippen molar-refractivity contribution in [1.29, 1.82) is 0 Å². The molecule has 1 atom stereocenters. The SMILES string of the molecule is CCc1ccc(-c2noc(C3=C(C)N(CC(C)C)C(=S)NC3c3ccc(OC)cc3)n2)cc1. The van der Waals surface area contributed by atoms with Crippen molar-refractivity contribution in [3.63, 3.8) is 0 Å². The molecule has 1 aliphatic heterocycles. The summed E-state index contributed by atoms with van der Waals surface area (Å²) >= 11 is 5.75. The lowest BCUT2D eigenvalue weighted by molar-refractivity contribution is 0.385. The maximum atomic E-state index is 5.82. The van der Waals surface area contributed by atoms with Crippen molar-refractivity contribution < 1.29 is 9.26 Å². The Hall–Kier alpha value is -3.19. The zero-order valence-corrected chi connectivity index (χ0v) is 20.6. The molecular formula is C26H30N4O2S. The minimum atomic E-state index is -0.206. The van der Waals surface area contributed by atoms with Crippen LogP contribution in [0.5, 0.6) is 5.75 Å². The third-order valence-electron chi connectivity index (χ3n) is 5.87. The first-order valence-corrected chi connectivity index (χ1v) is 11.7. The van der Waals surface area contributed by atoms with E-state index in [0.29, 0.717) is 22.7 Å². The van der Waals surface area contributed by atoms with Crippen molar-refractivity contribution in [3.8, 4) is 17.1 Å². The summed E-state index contributed by atoms with van der Waals surface area (Å²) in [5.41, 5.74) is 5.20. The van der Waals surface area contributed by atoms with Crippen LogP contribution in [0, 0.1) is 5.92 Å². The first kappa shape index (κ1) is 23.0. The molecule has 7 heteroatoms. The number of nitrogens with zero attached hydrogens (tertiary/aromatic N) is 3. The summed E-state index contributed by atoms with van der Waals surface area (Å²) in [6.45, 7) is 9.36. The van der Waals surface area contributed by atoms with Crippen molar-refractivity contribution >= 4 is 22.9 Å². The lowest BCUT2D eigenvalue weighted by atomic mass is 9.94. The fraction of sp³-hybridized carbons (Fsp3) is 0.346. The Bertz CT molecular complexity index is 1150. The largest absolute Gasteiger partial charge is 0.497 e. The van der Waals surface area contributed by atoms with E-state index in [-0.39, 0.29) is 6.04 Å². The van der Waals surface area contributed by atoms with Crippen molar-refractivity contribution in [2.45, 2.75) is 40.2 Å². The van der Waals surface area contributed by atoms with Crippen LogP contribution in [0.3, 0.4) is 0 Å². The number of ether oxygens (including phenoxy) is 1. The molecule has 0 fully saturated rings. The second kappa shape index (κ2) is 9.75. The van der Waals surface area contributed by atoms with Gasteiger partial charge in [-0.05, 0) is 54.7 Å². The number of thiocarbonyl (C=S) groups is 1. The number of aromatic nitrogens is 2. The van der Waals surface area contributed by atoms with Gasteiger partial charge in [0.2, 0.25) is 5.82 Å². The van der Waals surface area contributed by atoms with E-state index in [1.54, 1.807) is 7.11 Å². The molecule has 1 N–H and O–H groups in total. The molecule has 2 heterocycles. The highest BCUT2D eigenvalue weighted by molar-refractivity contribution is 7.80. The van der Waals surface area contributed by atoms with Gasteiger partial charge in [0.15, 0.2) is 5.11 Å². The molecule has 0 amide bonds. The van der Waals surface area contributed by atoms with Crippen LogP contribution in [0.15, 0.2) is 58.8 Å². The smallest absolute Gasteiger partial charge is 0.258 e. The number of benzene rings is 2. The van der Waals surface area contributed by atoms with E-state index < -0.39 is 0 Å². The molecule has 0 spiro atoms. The first-order chi connectivity index (χ1) is 15.9. The summed E-state index contributed by atoms with van der Waals surface area (Å²) in [7, 11) is 1.66. The van der Waals surface area contributed by atoms with E-state index >= 15 is 0 Å². The molecule has 0 saturated heterocycles. The third-order valence-corrected chi connectivity index (χ3v) is 6.21. The lowest BCUT2D eigenvalue weighted by Gasteiger charge is -2.38. The lowest BCUT2D eigenvalue weighted by Crippen LogP contribution is -2.47. The molecule has 33 heavy (non-hydrogen) atoms. The van der Waals surface area contributed by atoms with Crippen LogP contribution >= 0.6 is 12.2 Å². The normalized spacial score (nSPS) is 16.4. The molecule has 0 saturated carbocycles. The van der Waals surface area contributed by atoms with Crippen LogP contribution in [0.1, 0.15) is 50.8 Å². The van der Waals surface area contributed by atoms with Crippen molar-refractivity contribution in [3.05, 3.63) is 71.2 Å². The van der Waals surface area contributed by atoms with Crippen LogP contribution in [-0.4, -0.2) is 33.8 Å². The average molecular weight is 463 g/mol. The zero-order chi connectivity index (χ0) is 23.5. The molecule has 0 radical (unpaired) electrons. The highest BCUT2D eigenvalue weighted by Crippen LogP contribution is 2.38. The summed E-state index contributed by atoms with van der Waals surface area (Å²) in [6, 6.07) is 16.0. The van der Waals surface area contributed by atoms with Crippen molar-refractivity contribution in [2.75, 3.05) is 13.7 Å². The Labute approximate surface area is 200 Å². The van der Waals surface area contributed by atoms with Gasteiger partial charge >= 0.3 is 0 Å². The molecule has 2 aromatic carbocycles. The van der Waals surface area contributed by atoms with Crippen LogP contribution < -0.4 is 10.1 Å². The van der Waals surface area contributed by atoms with E-state index in [2.05, 4.69) is 55.2 Å². The van der Waals surface area contributed by atoms with Crippen LogP contribution in [0.2, 0.25) is 0 Å². The maximum Gasteiger partial charge on any atom is 0.258 e. The molecule has 4 rings (SSSR count).